The van der Waals surface area contributed by atoms with Crippen LogP contribution in [0.3, 0.4) is 0 Å². The maximum Gasteiger partial charge on any atom is 0.271 e. The number of nitrogens with zero attached hydrogens (tertiary/aromatic N) is 8. The van der Waals surface area contributed by atoms with Gasteiger partial charge in [-0.3, -0.25) is 14.8 Å². The van der Waals surface area contributed by atoms with Gasteiger partial charge in [-0.25, -0.2) is 9.97 Å². The van der Waals surface area contributed by atoms with Crippen molar-refractivity contribution in [2.45, 2.75) is 18.5 Å². The van der Waals surface area contributed by atoms with E-state index in [4.69, 9.17) is 4.98 Å². The fraction of sp³-hybridized carbons (Fsp3) is 0.300. The van der Waals surface area contributed by atoms with Crippen molar-refractivity contribution in [2.24, 2.45) is 7.05 Å². The van der Waals surface area contributed by atoms with Crippen LogP contribution in [0, 0.1) is 21.4 Å². The molecule has 150 valence electrons. The highest BCUT2D eigenvalue weighted by molar-refractivity contribution is 5.64. The van der Waals surface area contributed by atoms with Crippen molar-refractivity contribution in [3.8, 4) is 17.5 Å². The molecule has 2 fully saturated rings. The largest absolute Gasteiger partial charge is 0.364 e. The lowest BCUT2D eigenvalue weighted by Gasteiger charge is -2.36. The summed E-state index contributed by atoms with van der Waals surface area (Å²) in [5.41, 5.74) is 2.19. The molecular formula is C20H18N8O2. The third-order valence-corrected chi connectivity index (χ3v) is 5.74. The number of piperazine rings is 1. The second-order valence-corrected chi connectivity index (χ2v) is 7.57. The van der Waals surface area contributed by atoms with Crippen LogP contribution in [-0.2, 0) is 7.05 Å². The summed E-state index contributed by atoms with van der Waals surface area (Å²) in [7, 11) is 1.83. The first-order chi connectivity index (χ1) is 14.5. The number of non-ortho nitro benzene ring substituents is 1. The van der Waals surface area contributed by atoms with Crippen molar-refractivity contribution in [1.29, 1.82) is 5.26 Å². The molecule has 1 aromatic carbocycles. The minimum absolute atomic E-state index is 0.0933. The molecule has 2 aliphatic rings. The van der Waals surface area contributed by atoms with Crippen LogP contribution < -0.4 is 9.80 Å². The van der Waals surface area contributed by atoms with Gasteiger partial charge in [0.1, 0.15) is 11.6 Å². The number of anilines is 2. The van der Waals surface area contributed by atoms with Gasteiger partial charge in [0, 0.05) is 50.2 Å². The van der Waals surface area contributed by atoms with Gasteiger partial charge >= 0.3 is 0 Å². The van der Waals surface area contributed by atoms with E-state index in [9.17, 15) is 15.4 Å². The summed E-state index contributed by atoms with van der Waals surface area (Å²) in [6, 6.07) is 9.34. The maximum atomic E-state index is 11.1. The maximum absolute atomic E-state index is 11.1. The summed E-state index contributed by atoms with van der Waals surface area (Å²) in [4.78, 5) is 24.1. The lowest BCUT2D eigenvalue weighted by atomic mass is 10.2. The first kappa shape index (κ1) is 18.1. The Bertz CT molecular complexity index is 1180. The van der Waals surface area contributed by atoms with Crippen LogP contribution >= 0.6 is 0 Å². The summed E-state index contributed by atoms with van der Waals surface area (Å²) in [6.07, 6.45) is 6.02. The topological polar surface area (TPSA) is 117 Å². The molecule has 10 heteroatoms. The van der Waals surface area contributed by atoms with Gasteiger partial charge in [-0.15, -0.1) is 0 Å². The summed E-state index contributed by atoms with van der Waals surface area (Å²) >= 11 is 0. The fourth-order valence-electron chi connectivity index (χ4n) is 4.37. The van der Waals surface area contributed by atoms with Gasteiger partial charge in [0.25, 0.3) is 5.69 Å². The summed E-state index contributed by atoms with van der Waals surface area (Å²) < 4.78 is 1.69. The first-order valence-corrected chi connectivity index (χ1v) is 9.57. The van der Waals surface area contributed by atoms with E-state index >= 15 is 0 Å². The normalized spacial score (nSPS) is 19.9. The van der Waals surface area contributed by atoms with Crippen molar-refractivity contribution in [3.05, 3.63) is 58.5 Å². The molecule has 2 saturated heterocycles. The molecular weight excluding hydrogens is 384 g/mol. The molecule has 0 saturated carbocycles. The highest BCUT2D eigenvalue weighted by Crippen LogP contribution is 2.38. The van der Waals surface area contributed by atoms with E-state index < -0.39 is 0 Å². The molecule has 2 bridgehead atoms. The standard InChI is InChI=1S/C20H18N8O2/c1-25-10-14(9-23-25)19-22-8-13(7-21)20(24-19)27-12-17-6-18(27)11-26(17)15-3-2-4-16(5-15)28(29)30/h2-5,8-10,17-18H,6,11-12H2,1H3/t17-,18-/m0/s1. The molecule has 2 aliphatic heterocycles. The number of hydrogen-bond acceptors (Lipinski definition) is 8. The average Bonchev–Trinajstić information content (AvgIpc) is 3.49. The van der Waals surface area contributed by atoms with E-state index in [-0.39, 0.29) is 22.7 Å². The van der Waals surface area contributed by atoms with Crippen LogP contribution in [0.2, 0.25) is 0 Å². The Morgan fingerprint density at radius 3 is 2.70 bits per heavy atom. The summed E-state index contributed by atoms with van der Waals surface area (Å²) in [5.74, 6) is 1.17. The molecule has 10 nitrogen and oxygen atoms in total. The smallest absolute Gasteiger partial charge is 0.271 e. The number of fused-ring (bicyclic) bond motifs is 2. The van der Waals surface area contributed by atoms with E-state index in [2.05, 4.69) is 26.0 Å². The van der Waals surface area contributed by atoms with Crippen LogP contribution in [0.4, 0.5) is 17.2 Å². The van der Waals surface area contributed by atoms with Crippen LogP contribution in [0.15, 0.2) is 42.9 Å². The third kappa shape index (κ3) is 2.91. The number of nitro groups is 1. The molecule has 0 amide bonds. The van der Waals surface area contributed by atoms with Crippen molar-refractivity contribution in [3.63, 3.8) is 0 Å². The lowest BCUT2D eigenvalue weighted by molar-refractivity contribution is -0.384. The average molecular weight is 402 g/mol. The highest BCUT2D eigenvalue weighted by Gasteiger charge is 2.44. The predicted octanol–water partition coefficient (Wildman–Crippen LogP) is 2.12. The Hall–Kier alpha value is -4.00. The van der Waals surface area contributed by atoms with Gasteiger partial charge in [0.2, 0.25) is 0 Å². The number of aromatic nitrogens is 4. The number of hydrogen-bond donors (Lipinski definition) is 0. The summed E-state index contributed by atoms with van der Waals surface area (Å²) in [5, 5.41) is 24.9. The molecule has 0 aliphatic carbocycles. The number of nitriles is 1. The van der Waals surface area contributed by atoms with Gasteiger partial charge in [0.05, 0.1) is 28.9 Å². The van der Waals surface area contributed by atoms with Crippen molar-refractivity contribution >= 4 is 17.2 Å². The molecule has 0 radical (unpaired) electrons. The second-order valence-electron chi connectivity index (χ2n) is 7.57. The van der Waals surface area contributed by atoms with Gasteiger partial charge < -0.3 is 9.80 Å². The van der Waals surface area contributed by atoms with Crippen LogP contribution in [0.5, 0.6) is 0 Å². The Balaban J connectivity index is 1.43. The molecule has 4 heterocycles. The summed E-state index contributed by atoms with van der Waals surface area (Å²) in [6.45, 7) is 1.43. The molecule has 0 unspecified atom stereocenters. The van der Waals surface area contributed by atoms with Gasteiger partial charge in [0.15, 0.2) is 11.6 Å². The zero-order valence-corrected chi connectivity index (χ0v) is 16.2. The minimum atomic E-state index is -0.371. The first-order valence-electron chi connectivity index (χ1n) is 9.57. The minimum Gasteiger partial charge on any atom is -0.364 e. The Morgan fingerprint density at radius 2 is 2.03 bits per heavy atom. The van der Waals surface area contributed by atoms with E-state index in [1.165, 1.54) is 6.07 Å². The number of nitro benzene ring substituents is 1. The Morgan fingerprint density at radius 1 is 1.23 bits per heavy atom. The number of rotatable bonds is 4. The van der Waals surface area contributed by atoms with Crippen LogP contribution in [0.1, 0.15) is 12.0 Å². The lowest BCUT2D eigenvalue weighted by Crippen LogP contribution is -2.47. The molecule has 0 spiro atoms. The van der Waals surface area contributed by atoms with Crippen molar-refractivity contribution < 1.29 is 4.92 Å². The fourth-order valence-corrected chi connectivity index (χ4v) is 4.37. The van der Waals surface area contributed by atoms with E-state index in [1.54, 1.807) is 29.2 Å². The molecule has 5 rings (SSSR count). The van der Waals surface area contributed by atoms with Gasteiger partial charge in [-0.1, -0.05) is 6.07 Å². The zero-order chi connectivity index (χ0) is 20.8. The van der Waals surface area contributed by atoms with Crippen LogP contribution in [0.25, 0.3) is 11.4 Å². The van der Waals surface area contributed by atoms with Crippen LogP contribution in [-0.4, -0.2) is 49.8 Å². The molecule has 3 aromatic rings. The SMILES string of the molecule is Cn1cc(-c2ncc(C#N)c(N3C[C@@H]4C[C@H]3CN4c3cccc([N+](=O)[O-])c3)n2)cn1. The second kappa shape index (κ2) is 6.81. The van der Waals surface area contributed by atoms with E-state index in [0.29, 0.717) is 23.8 Å². The van der Waals surface area contributed by atoms with Gasteiger partial charge in [-0.2, -0.15) is 10.4 Å². The molecule has 0 N–H and O–H groups in total. The quantitative estimate of drug-likeness (QED) is 0.481. The number of aryl methyl sites for hydroxylation is 1. The number of benzene rings is 1. The molecule has 2 aromatic heterocycles. The predicted molar refractivity (Wildman–Crippen MR) is 109 cm³/mol. The van der Waals surface area contributed by atoms with E-state index in [1.807, 2.05) is 19.3 Å². The third-order valence-electron chi connectivity index (χ3n) is 5.74. The zero-order valence-electron chi connectivity index (χ0n) is 16.2. The monoisotopic (exact) mass is 402 g/mol. The molecule has 30 heavy (non-hydrogen) atoms. The Labute approximate surface area is 172 Å². The van der Waals surface area contributed by atoms with E-state index in [0.717, 1.165) is 24.2 Å². The molecule has 2 atom stereocenters. The highest BCUT2D eigenvalue weighted by atomic mass is 16.6. The van der Waals surface area contributed by atoms with Crippen molar-refractivity contribution in [2.75, 3.05) is 22.9 Å². The van der Waals surface area contributed by atoms with Crippen molar-refractivity contribution in [1.82, 2.24) is 19.7 Å². The van der Waals surface area contributed by atoms with Gasteiger partial charge in [-0.05, 0) is 12.5 Å². The Kier molecular flexibility index (Phi) is 4.10.